The van der Waals surface area contributed by atoms with Gasteiger partial charge in [0.2, 0.25) is 5.82 Å². The lowest BCUT2D eigenvalue weighted by atomic mass is 10.1. The Balaban J connectivity index is 3.24. The zero-order chi connectivity index (χ0) is 13.9. The highest BCUT2D eigenvalue weighted by molar-refractivity contribution is 5.67. The highest BCUT2D eigenvalue weighted by Gasteiger charge is 2.24. The quantitative estimate of drug-likeness (QED) is 0.632. The van der Waals surface area contributed by atoms with E-state index in [1.165, 1.54) is 0 Å². The molecule has 1 N–H and O–H groups in total. The van der Waals surface area contributed by atoms with Crippen LogP contribution in [-0.2, 0) is 11.2 Å². The van der Waals surface area contributed by atoms with Gasteiger partial charge in [-0.1, -0.05) is 0 Å². The molecule has 1 aromatic carbocycles. The van der Waals surface area contributed by atoms with Crippen molar-refractivity contribution in [2.45, 2.75) is 12.8 Å². The smallest absolute Gasteiger partial charge is 0.311 e. The molecule has 0 heterocycles. The number of carbonyl (C=O) groups is 1. The number of hydrogen-bond donors (Lipinski definition) is 1. The highest BCUT2D eigenvalue weighted by atomic mass is 19.1. The molecular formula is C9H7FN2O6. The van der Waals surface area contributed by atoms with Crippen LogP contribution in [0.15, 0.2) is 12.1 Å². The van der Waals surface area contributed by atoms with E-state index in [0.717, 1.165) is 0 Å². The molecule has 0 aliphatic carbocycles. The van der Waals surface area contributed by atoms with E-state index in [9.17, 15) is 29.4 Å². The van der Waals surface area contributed by atoms with Crippen LogP contribution in [0.3, 0.4) is 0 Å². The third-order valence-corrected chi connectivity index (χ3v) is 2.15. The SMILES string of the molecule is O=C(O)CCc1cc(F)c([N+](=O)[O-])cc1[N+](=O)[O-]. The fourth-order valence-corrected chi connectivity index (χ4v) is 1.34. The van der Waals surface area contributed by atoms with Crippen LogP contribution in [0.1, 0.15) is 12.0 Å². The van der Waals surface area contributed by atoms with E-state index in [-0.39, 0.29) is 12.0 Å². The summed E-state index contributed by atoms with van der Waals surface area (Å²) in [6.45, 7) is 0. The summed E-state index contributed by atoms with van der Waals surface area (Å²) in [7, 11) is 0. The molecule has 0 aromatic heterocycles. The van der Waals surface area contributed by atoms with Gasteiger partial charge in [0.1, 0.15) is 0 Å². The molecule has 0 fully saturated rings. The van der Waals surface area contributed by atoms with Crippen LogP contribution in [0.2, 0.25) is 0 Å². The maximum absolute atomic E-state index is 13.3. The average molecular weight is 258 g/mol. The number of hydrogen-bond acceptors (Lipinski definition) is 5. The van der Waals surface area contributed by atoms with E-state index in [1.807, 2.05) is 0 Å². The first-order valence-corrected chi connectivity index (χ1v) is 4.66. The summed E-state index contributed by atoms with van der Waals surface area (Å²) < 4.78 is 13.3. The number of nitro groups is 2. The van der Waals surface area contributed by atoms with Gasteiger partial charge >= 0.3 is 11.7 Å². The highest BCUT2D eigenvalue weighted by Crippen LogP contribution is 2.28. The average Bonchev–Trinajstić information content (AvgIpc) is 2.25. The van der Waals surface area contributed by atoms with Crippen molar-refractivity contribution in [2.75, 3.05) is 0 Å². The Labute approximate surface area is 99.0 Å². The molecule has 0 unspecified atom stereocenters. The zero-order valence-electron chi connectivity index (χ0n) is 8.83. The molecule has 0 radical (unpaired) electrons. The van der Waals surface area contributed by atoms with Crippen molar-refractivity contribution in [1.29, 1.82) is 0 Å². The van der Waals surface area contributed by atoms with Crippen molar-refractivity contribution >= 4 is 17.3 Å². The van der Waals surface area contributed by atoms with E-state index in [4.69, 9.17) is 5.11 Å². The molecule has 96 valence electrons. The molecule has 9 heteroatoms. The van der Waals surface area contributed by atoms with Crippen molar-refractivity contribution in [1.82, 2.24) is 0 Å². The second-order valence-corrected chi connectivity index (χ2v) is 3.34. The van der Waals surface area contributed by atoms with Crippen LogP contribution in [0.25, 0.3) is 0 Å². The monoisotopic (exact) mass is 258 g/mol. The Morgan fingerprint density at radius 2 is 1.78 bits per heavy atom. The maximum atomic E-state index is 13.3. The van der Waals surface area contributed by atoms with Crippen molar-refractivity contribution < 1.29 is 24.1 Å². The number of nitro benzene ring substituents is 2. The van der Waals surface area contributed by atoms with E-state index in [2.05, 4.69) is 0 Å². The molecule has 0 saturated carbocycles. The Hall–Kier alpha value is -2.58. The summed E-state index contributed by atoms with van der Waals surface area (Å²) in [6.07, 6.45) is -0.710. The Morgan fingerprint density at radius 3 is 2.22 bits per heavy atom. The molecule has 0 saturated heterocycles. The van der Waals surface area contributed by atoms with Crippen LogP contribution in [0.4, 0.5) is 15.8 Å². The fourth-order valence-electron chi connectivity index (χ4n) is 1.34. The van der Waals surface area contributed by atoms with Crippen molar-refractivity contribution in [3.05, 3.63) is 43.7 Å². The minimum atomic E-state index is -1.23. The summed E-state index contributed by atoms with van der Waals surface area (Å²) in [4.78, 5) is 29.4. The molecular weight excluding hydrogens is 251 g/mol. The maximum Gasteiger partial charge on any atom is 0.311 e. The van der Waals surface area contributed by atoms with Gasteiger partial charge in [-0.2, -0.15) is 4.39 Å². The number of rotatable bonds is 5. The van der Waals surface area contributed by atoms with Crippen LogP contribution in [0, 0.1) is 26.0 Å². The first kappa shape index (κ1) is 13.5. The number of aliphatic carboxylic acids is 1. The second kappa shape index (κ2) is 5.17. The summed E-state index contributed by atoms with van der Waals surface area (Å²) in [5, 5.41) is 29.5. The van der Waals surface area contributed by atoms with E-state index in [1.54, 1.807) is 0 Å². The van der Waals surface area contributed by atoms with Crippen LogP contribution in [-0.4, -0.2) is 20.9 Å². The van der Waals surface area contributed by atoms with Gasteiger partial charge in [-0.25, -0.2) is 0 Å². The predicted molar refractivity (Wildman–Crippen MR) is 55.7 cm³/mol. The van der Waals surface area contributed by atoms with E-state index in [0.29, 0.717) is 12.1 Å². The number of carboxylic acid groups (broad SMARTS) is 1. The first-order chi connectivity index (χ1) is 8.32. The van der Waals surface area contributed by atoms with Gasteiger partial charge in [0.25, 0.3) is 5.69 Å². The minimum absolute atomic E-state index is 0.189. The molecule has 0 bridgehead atoms. The van der Waals surface area contributed by atoms with Gasteiger partial charge in [-0.15, -0.1) is 0 Å². The number of carboxylic acids is 1. The van der Waals surface area contributed by atoms with E-state index < -0.39 is 39.4 Å². The molecule has 0 amide bonds. The lowest BCUT2D eigenvalue weighted by Gasteiger charge is -2.02. The number of aryl methyl sites for hydroxylation is 1. The summed E-state index contributed by atoms with van der Waals surface area (Å²) in [5.41, 5.74) is -1.87. The normalized spacial score (nSPS) is 10.1. The lowest BCUT2D eigenvalue weighted by molar-refractivity contribution is -0.396. The van der Waals surface area contributed by atoms with Gasteiger partial charge in [-0.05, 0) is 12.5 Å². The van der Waals surface area contributed by atoms with Gasteiger partial charge in [0, 0.05) is 12.0 Å². The minimum Gasteiger partial charge on any atom is -0.481 e. The molecule has 0 atom stereocenters. The molecule has 1 rings (SSSR count). The summed E-state index contributed by atoms with van der Waals surface area (Å²) >= 11 is 0. The first-order valence-electron chi connectivity index (χ1n) is 4.66. The fraction of sp³-hybridized carbons (Fsp3) is 0.222. The lowest BCUT2D eigenvalue weighted by Crippen LogP contribution is -2.03. The van der Waals surface area contributed by atoms with Crippen LogP contribution < -0.4 is 0 Å². The number of halogens is 1. The molecule has 0 aliphatic heterocycles. The van der Waals surface area contributed by atoms with E-state index >= 15 is 0 Å². The number of benzene rings is 1. The van der Waals surface area contributed by atoms with Gasteiger partial charge in [-0.3, -0.25) is 25.0 Å². The predicted octanol–water partition coefficient (Wildman–Crippen LogP) is 1.66. The van der Waals surface area contributed by atoms with Crippen LogP contribution >= 0.6 is 0 Å². The van der Waals surface area contributed by atoms with Gasteiger partial charge in [0.15, 0.2) is 0 Å². The van der Waals surface area contributed by atoms with Gasteiger partial charge in [0.05, 0.1) is 15.9 Å². The molecule has 18 heavy (non-hydrogen) atoms. The third kappa shape index (κ3) is 2.97. The molecule has 0 aliphatic rings. The topological polar surface area (TPSA) is 124 Å². The molecule has 8 nitrogen and oxygen atoms in total. The molecule has 1 aromatic rings. The van der Waals surface area contributed by atoms with Crippen LogP contribution in [0.5, 0.6) is 0 Å². The second-order valence-electron chi connectivity index (χ2n) is 3.34. The number of nitrogens with zero attached hydrogens (tertiary/aromatic N) is 2. The summed E-state index contributed by atoms with van der Waals surface area (Å²) in [5.74, 6) is -2.44. The van der Waals surface area contributed by atoms with Crippen molar-refractivity contribution in [2.24, 2.45) is 0 Å². The Morgan fingerprint density at radius 1 is 1.22 bits per heavy atom. The van der Waals surface area contributed by atoms with Gasteiger partial charge < -0.3 is 5.11 Å². The van der Waals surface area contributed by atoms with Crippen molar-refractivity contribution in [3.63, 3.8) is 0 Å². The Kier molecular flexibility index (Phi) is 3.87. The third-order valence-electron chi connectivity index (χ3n) is 2.15. The molecule has 0 spiro atoms. The Bertz CT molecular complexity index is 530. The largest absolute Gasteiger partial charge is 0.481 e. The van der Waals surface area contributed by atoms with Crippen molar-refractivity contribution in [3.8, 4) is 0 Å². The summed E-state index contributed by atoms with van der Waals surface area (Å²) in [6, 6.07) is 1.12. The standard InChI is InChI=1S/C9H7FN2O6/c10-6-3-5(1-2-9(13)14)7(11(15)16)4-8(6)12(17)18/h3-4H,1-2H2,(H,13,14). The zero-order valence-corrected chi connectivity index (χ0v) is 8.83.